The predicted octanol–water partition coefficient (Wildman–Crippen LogP) is 1.94. The number of fused-ring (bicyclic) bond motifs is 1. The summed E-state index contributed by atoms with van der Waals surface area (Å²) in [5.41, 5.74) is 2.17. The Morgan fingerprint density at radius 2 is 1.76 bits per heavy atom. The van der Waals surface area contributed by atoms with Gasteiger partial charge in [0.05, 0.1) is 10.9 Å². The summed E-state index contributed by atoms with van der Waals surface area (Å²) in [5.74, 6) is 0. The molecule has 0 N–H and O–H groups in total. The molecular formula is C15H14IN3O2. The summed E-state index contributed by atoms with van der Waals surface area (Å²) in [6.45, 7) is 2.03. The van der Waals surface area contributed by atoms with Gasteiger partial charge in [0.2, 0.25) is 0 Å². The van der Waals surface area contributed by atoms with Gasteiger partial charge in [-0.2, -0.15) is 0 Å². The smallest absolute Gasteiger partial charge is 0.321 e. The fraction of sp³-hybridized carbons (Fsp3) is 0.200. The van der Waals surface area contributed by atoms with Gasteiger partial charge >= 0.3 is 5.69 Å². The van der Waals surface area contributed by atoms with Gasteiger partial charge in [-0.15, -0.1) is 0 Å². The van der Waals surface area contributed by atoms with Crippen LogP contribution in [0.3, 0.4) is 0 Å². The van der Waals surface area contributed by atoms with Crippen molar-refractivity contribution in [2.75, 3.05) is 0 Å². The molecule has 21 heavy (non-hydrogen) atoms. The highest BCUT2D eigenvalue weighted by Gasteiger charge is 2.12. The first kappa shape index (κ1) is 14.1. The van der Waals surface area contributed by atoms with Crippen LogP contribution in [0.15, 0.2) is 40.2 Å². The van der Waals surface area contributed by atoms with Crippen molar-refractivity contribution in [3.8, 4) is 5.69 Å². The lowest BCUT2D eigenvalue weighted by Gasteiger charge is -2.07. The second-order valence-electron chi connectivity index (χ2n) is 5.10. The summed E-state index contributed by atoms with van der Waals surface area (Å²) in [6.07, 6.45) is 3.61. The van der Waals surface area contributed by atoms with Crippen molar-refractivity contribution in [3.63, 3.8) is 0 Å². The van der Waals surface area contributed by atoms with E-state index in [0.717, 1.165) is 19.4 Å². The Bertz CT molecular complexity index is 979. The molecule has 0 amide bonds. The molecule has 0 atom stereocenters. The third kappa shape index (κ3) is 2.14. The minimum Gasteiger partial charge on any atom is -0.321 e. The molecule has 3 aromatic rings. The van der Waals surface area contributed by atoms with Crippen molar-refractivity contribution in [2.45, 2.75) is 6.92 Å². The van der Waals surface area contributed by atoms with Crippen molar-refractivity contribution in [1.82, 2.24) is 13.7 Å². The Kier molecular flexibility index (Phi) is 3.27. The molecule has 108 valence electrons. The predicted molar refractivity (Wildman–Crippen MR) is 91.2 cm³/mol. The third-order valence-electron chi connectivity index (χ3n) is 3.71. The van der Waals surface area contributed by atoms with Crippen molar-refractivity contribution < 1.29 is 0 Å². The molecule has 0 unspecified atom stereocenters. The second kappa shape index (κ2) is 4.87. The normalized spacial score (nSPS) is 11.2. The molecule has 0 saturated carbocycles. The molecule has 1 aromatic carbocycles. The molecule has 2 heterocycles. The summed E-state index contributed by atoms with van der Waals surface area (Å²) >= 11 is 2.27. The van der Waals surface area contributed by atoms with E-state index in [2.05, 4.69) is 28.7 Å². The van der Waals surface area contributed by atoms with E-state index >= 15 is 0 Å². The number of hydrogen-bond acceptors (Lipinski definition) is 2. The van der Waals surface area contributed by atoms with Crippen LogP contribution in [0.4, 0.5) is 0 Å². The first-order chi connectivity index (χ1) is 9.90. The lowest BCUT2D eigenvalue weighted by molar-refractivity contribution is 0.714. The molecule has 0 aliphatic carbocycles. The van der Waals surface area contributed by atoms with Crippen LogP contribution in [0.5, 0.6) is 0 Å². The highest BCUT2D eigenvalue weighted by Crippen LogP contribution is 2.20. The number of nitrogens with zero attached hydrogens (tertiary/aromatic N) is 3. The topological polar surface area (TPSA) is 48.9 Å². The average molecular weight is 395 g/mol. The quantitative estimate of drug-likeness (QED) is 0.592. The maximum atomic E-state index is 12.2. The minimum atomic E-state index is -0.315. The Balaban J connectivity index is 2.37. The number of benzene rings is 1. The monoisotopic (exact) mass is 395 g/mol. The number of hydrogen-bond donors (Lipinski definition) is 0. The Morgan fingerprint density at radius 3 is 2.43 bits per heavy atom. The third-order valence-corrected chi connectivity index (χ3v) is 4.38. The largest absolute Gasteiger partial charge is 0.330 e. The van der Waals surface area contributed by atoms with Crippen LogP contribution < -0.4 is 11.2 Å². The molecule has 0 radical (unpaired) electrons. The molecule has 0 fully saturated rings. The first-order valence-corrected chi connectivity index (χ1v) is 7.52. The second-order valence-corrected chi connectivity index (χ2v) is 6.35. The van der Waals surface area contributed by atoms with E-state index in [1.54, 1.807) is 13.2 Å². The highest BCUT2D eigenvalue weighted by molar-refractivity contribution is 14.1. The van der Waals surface area contributed by atoms with Gasteiger partial charge in [0.25, 0.3) is 5.56 Å². The minimum absolute atomic E-state index is 0.269. The zero-order chi connectivity index (χ0) is 15.3. The molecular weight excluding hydrogens is 381 g/mol. The molecule has 0 aliphatic heterocycles. The standard InChI is InChI=1S/C15H14IN3O2/c1-9-6-10(16)4-5-12(9)19-7-11-13(8-19)17(2)15(21)18(3)14(11)20/h4-8H,1-3H3. The van der Waals surface area contributed by atoms with Crippen LogP contribution in [-0.2, 0) is 14.1 Å². The maximum absolute atomic E-state index is 12.2. The van der Waals surface area contributed by atoms with E-state index in [-0.39, 0.29) is 11.2 Å². The van der Waals surface area contributed by atoms with E-state index in [4.69, 9.17) is 0 Å². The zero-order valence-corrected chi connectivity index (χ0v) is 14.1. The molecule has 2 aromatic heterocycles. The molecule has 6 heteroatoms. The van der Waals surface area contributed by atoms with Crippen molar-refractivity contribution in [3.05, 3.63) is 60.6 Å². The van der Waals surface area contributed by atoms with E-state index in [0.29, 0.717) is 10.9 Å². The summed E-state index contributed by atoms with van der Waals surface area (Å²) in [5, 5.41) is 0.539. The molecule has 3 rings (SSSR count). The van der Waals surface area contributed by atoms with Crippen molar-refractivity contribution in [2.24, 2.45) is 14.1 Å². The van der Waals surface area contributed by atoms with Crippen LogP contribution in [-0.4, -0.2) is 13.7 Å². The van der Waals surface area contributed by atoms with Crippen LogP contribution in [0, 0.1) is 10.5 Å². The van der Waals surface area contributed by atoms with Gasteiger partial charge in [0, 0.05) is 35.7 Å². The SMILES string of the molecule is Cc1cc(I)ccc1-n1cc2c(=O)n(C)c(=O)n(C)c2c1. The van der Waals surface area contributed by atoms with Gasteiger partial charge in [-0.1, -0.05) is 0 Å². The van der Waals surface area contributed by atoms with Gasteiger partial charge in [-0.25, -0.2) is 4.79 Å². The maximum Gasteiger partial charge on any atom is 0.330 e. The van der Waals surface area contributed by atoms with E-state index < -0.39 is 0 Å². The number of halogens is 1. The summed E-state index contributed by atoms with van der Waals surface area (Å²) < 4.78 is 5.69. The van der Waals surface area contributed by atoms with Crippen molar-refractivity contribution >= 4 is 33.5 Å². The molecule has 0 saturated heterocycles. The van der Waals surface area contributed by atoms with Gasteiger partial charge in [-0.05, 0) is 53.3 Å². The fourth-order valence-electron chi connectivity index (χ4n) is 2.52. The van der Waals surface area contributed by atoms with E-state index in [1.807, 2.05) is 29.8 Å². The van der Waals surface area contributed by atoms with Gasteiger partial charge in [0.15, 0.2) is 0 Å². The average Bonchev–Trinajstić information content (AvgIpc) is 2.88. The first-order valence-electron chi connectivity index (χ1n) is 6.44. The molecule has 0 bridgehead atoms. The van der Waals surface area contributed by atoms with Crippen LogP contribution >= 0.6 is 22.6 Å². The van der Waals surface area contributed by atoms with Gasteiger partial charge in [0.1, 0.15) is 0 Å². The fourth-order valence-corrected chi connectivity index (χ4v) is 3.17. The highest BCUT2D eigenvalue weighted by atomic mass is 127. The van der Waals surface area contributed by atoms with Gasteiger partial charge in [-0.3, -0.25) is 13.9 Å². The Labute approximate surface area is 134 Å². The lowest BCUT2D eigenvalue weighted by Crippen LogP contribution is -2.36. The summed E-state index contributed by atoms with van der Waals surface area (Å²) in [6, 6.07) is 6.11. The summed E-state index contributed by atoms with van der Waals surface area (Å²) in [7, 11) is 3.17. The number of aromatic nitrogens is 3. The van der Waals surface area contributed by atoms with Crippen molar-refractivity contribution in [1.29, 1.82) is 0 Å². The lowest BCUT2D eigenvalue weighted by atomic mass is 10.2. The van der Waals surface area contributed by atoms with Gasteiger partial charge < -0.3 is 4.57 Å². The Morgan fingerprint density at radius 1 is 1.05 bits per heavy atom. The van der Waals surface area contributed by atoms with Crippen LogP contribution in [0.1, 0.15) is 5.56 Å². The molecule has 5 nitrogen and oxygen atoms in total. The van der Waals surface area contributed by atoms with E-state index in [1.165, 1.54) is 11.6 Å². The van der Waals surface area contributed by atoms with Crippen LogP contribution in [0.2, 0.25) is 0 Å². The van der Waals surface area contributed by atoms with Crippen LogP contribution in [0.25, 0.3) is 16.6 Å². The molecule has 0 spiro atoms. The van der Waals surface area contributed by atoms with E-state index in [9.17, 15) is 9.59 Å². The Hall–Kier alpha value is -1.83. The summed E-state index contributed by atoms with van der Waals surface area (Å²) in [4.78, 5) is 24.2. The molecule has 0 aliphatic rings. The zero-order valence-electron chi connectivity index (χ0n) is 11.9. The number of rotatable bonds is 1. The number of aryl methyl sites for hydroxylation is 2.